The number of nitriles is 1. The summed E-state index contributed by atoms with van der Waals surface area (Å²) in [4.78, 5) is 21.8. The summed E-state index contributed by atoms with van der Waals surface area (Å²) in [5, 5.41) is 11.7. The van der Waals surface area contributed by atoms with E-state index in [1.807, 2.05) is 24.3 Å². The lowest BCUT2D eigenvalue weighted by Gasteiger charge is -2.28. The smallest absolute Gasteiger partial charge is 0.433 e. The Morgan fingerprint density at radius 3 is 2.33 bits per heavy atom. The minimum Gasteiger partial charge on any atom is -0.443 e. The first-order valence-electron chi connectivity index (χ1n) is 14.1. The molecule has 3 aliphatic rings. The summed E-state index contributed by atoms with van der Waals surface area (Å²) >= 11 is 0. The van der Waals surface area contributed by atoms with Crippen LogP contribution in [-0.4, -0.2) is 50.2 Å². The molecule has 1 saturated heterocycles. The summed E-state index contributed by atoms with van der Waals surface area (Å²) in [6.07, 6.45) is 4.14. The van der Waals surface area contributed by atoms with Crippen LogP contribution in [0.3, 0.4) is 0 Å². The van der Waals surface area contributed by atoms with Gasteiger partial charge in [-0.25, -0.2) is 9.97 Å². The number of nitrogens with one attached hydrogen (secondary N) is 1. The van der Waals surface area contributed by atoms with E-state index in [0.29, 0.717) is 17.2 Å². The van der Waals surface area contributed by atoms with Gasteiger partial charge in [0, 0.05) is 52.6 Å². The minimum atomic E-state index is -4.53. The molecule has 0 spiro atoms. The number of oxazole rings is 1. The van der Waals surface area contributed by atoms with Gasteiger partial charge in [0.25, 0.3) is 0 Å². The van der Waals surface area contributed by atoms with Crippen molar-refractivity contribution in [1.29, 1.82) is 5.26 Å². The first-order valence-corrected chi connectivity index (χ1v) is 15.6. The molecule has 12 heteroatoms. The van der Waals surface area contributed by atoms with Crippen molar-refractivity contribution in [2.45, 2.75) is 56.7 Å². The van der Waals surface area contributed by atoms with Crippen LogP contribution in [0.1, 0.15) is 50.6 Å². The molecule has 42 heavy (non-hydrogen) atoms. The van der Waals surface area contributed by atoms with Crippen LogP contribution in [0, 0.1) is 17.2 Å². The number of amides is 1. The summed E-state index contributed by atoms with van der Waals surface area (Å²) in [7, 11) is -0.732. The lowest BCUT2D eigenvalue weighted by molar-refractivity contribution is -0.141. The number of carbonyl (C=O) groups is 1. The van der Waals surface area contributed by atoms with Gasteiger partial charge in [-0.15, -0.1) is 0 Å². The van der Waals surface area contributed by atoms with Crippen molar-refractivity contribution >= 4 is 22.4 Å². The van der Waals surface area contributed by atoms with Crippen LogP contribution < -0.4 is 10.2 Å². The molecule has 0 bridgehead atoms. The third kappa shape index (κ3) is 7.37. The van der Waals surface area contributed by atoms with Crippen LogP contribution in [0.5, 0.6) is 0 Å². The van der Waals surface area contributed by atoms with Crippen molar-refractivity contribution in [3.8, 4) is 28.9 Å². The van der Waals surface area contributed by atoms with E-state index in [-0.39, 0.29) is 23.4 Å². The molecular formula is C30H32F3N5O3S. The summed E-state index contributed by atoms with van der Waals surface area (Å²) < 4.78 is 55.3. The number of halogens is 3. The summed E-state index contributed by atoms with van der Waals surface area (Å²) in [5.74, 6) is 1.65. The molecule has 0 atom stereocenters. The van der Waals surface area contributed by atoms with Crippen molar-refractivity contribution in [3.63, 3.8) is 0 Å². The third-order valence-corrected chi connectivity index (χ3v) is 9.05. The monoisotopic (exact) mass is 599 g/mol. The number of benzene rings is 1. The second-order valence-corrected chi connectivity index (χ2v) is 12.5. The molecule has 2 aromatic heterocycles. The van der Waals surface area contributed by atoms with E-state index in [2.05, 4.69) is 26.3 Å². The Bertz CT molecular complexity index is 1450. The predicted molar refractivity (Wildman–Crippen MR) is 153 cm³/mol. The molecule has 6 rings (SSSR count). The number of carbonyl (C=O) groups excluding carboxylic acids is 1. The Labute approximate surface area is 244 Å². The molecule has 2 saturated carbocycles. The first-order chi connectivity index (χ1) is 20.2. The van der Waals surface area contributed by atoms with Gasteiger partial charge in [0.1, 0.15) is 28.9 Å². The number of nitrogens with zero attached hydrogens (tertiary/aromatic N) is 4. The fraction of sp³-hybridized carbons (Fsp3) is 0.467. The molecule has 222 valence electrons. The molecule has 0 radical (unpaired) electrons. The van der Waals surface area contributed by atoms with Crippen LogP contribution in [0.2, 0.25) is 0 Å². The zero-order valence-electron chi connectivity index (χ0n) is 23.0. The minimum absolute atomic E-state index is 0.0269. The van der Waals surface area contributed by atoms with Gasteiger partial charge in [-0.1, -0.05) is 37.5 Å². The SMILES string of the molecule is N#CC1(NC(=O)C2CCCCC2)CC1.O=S1CCN(c2ccc(-c3coc(-c4cccc(C(F)(F)F)n4)n3)cc2)CC1. The van der Waals surface area contributed by atoms with Crippen LogP contribution in [0.25, 0.3) is 22.8 Å². The molecule has 1 N–H and O–H groups in total. The Kier molecular flexibility index (Phi) is 8.96. The molecule has 2 aliphatic carbocycles. The number of anilines is 1. The fourth-order valence-corrected chi connectivity index (χ4v) is 6.12. The average molecular weight is 600 g/mol. The summed E-state index contributed by atoms with van der Waals surface area (Å²) in [6.45, 7) is 1.50. The largest absolute Gasteiger partial charge is 0.443 e. The zero-order chi connectivity index (χ0) is 29.7. The molecule has 8 nitrogen and oxygen atoms in total. The van der Waals surface area contributed by atoms with E-state index in [1.54, 1.807) is 0 Å². The van der Waals surface area contributed by atoms with Crippen LogP contribution in [0.4, 0.5) is 18.9 Å². The van der Waals surface area contributed by atoms with E-state index in [1.165, 1.54) is 24.8 Å². The standard InChI is InChI=1S/C19H16F3N3O2S.C11H16N2O/c20-19(21,22)17-3-1-2-15(23-17)18-24-16(12-27-18)13-4-6-14(7-5-13)25-8-10-28(26)11-9-25;12-8-11(6-7-11)13-10(14)9-4-2-1-3-5-9/h1-7,12H,8-11H2;9H,1-7H2,(H,13,14). The zero-order valence-corrected chi connectivity index (χ0v) is 23.8. The van der Waals surface area contributed by atoms with E-state index in [4.69, 9.17) is 9.68 Å². The average Bonchev–Trinajstić information content (AvgIpc) is 3.60. The van der Waals surface area contributed by atoms with Gasteiger partial charge < -0.3 is 14.6 Å². The molecule has 1 amide bonds. The van der Waals surface area contributed by atoms with Gasteiger partial charge in [-0.3, -0.25) is 9.00 Å². The van der Waals surface area contributed by atoms with Gasteiger partial charge in [0.05, 0.1) is 6.07 Å². The van der Waals surface area contributed by atoms with Crippen molar-refractivity contribution in [2.75, 3.05) is 29.5 Å². The van der Waals surface area contributed by atoms with Gasteiger partial charge in [0.2, 0.25) is 11.8 Å². The van der Waals surface area contributed by atoms with Crippen LogP contribution in [0.15, 0.2) is 53.1 Å². The topological polar surface area (TPSA) is 112 Å². The highest BCUT2D eigenvalue weighted by atomic mass is 32.2. The quantitative estimate of drug-likeness (QED) is 0.399. The predicted octanol–water partition coefficient (Wildman–Crippen LogP) is 5.73. The summed E-state index contributed by atoms with van der Waals surface area (Å²) in [5.41, 5.74) is 0.889. The molecule has 3 aromatic rings. The maximum atomic E-state index is 12.8. The molecular weight excluding hydrogens is 567 g/mol. The normalized spacial score (nSPS) is 18.9. The van der Waals surface area contributed by atoms with Crippen LogP contribution >= 0.6 is 0 Å². The first kappa shape index (κ1) is 29.8. The number of alkyl halides is 3. The van der Waals surface area contributed by atoms with Crippen molar-refractivity contribution in [2.24, 2.45) is 5.92 Å². The molecule has 3 heterocycles. The highest BCUT2D eigenvalue weighted by Crippen LogP contribution is 2.36. The molecule has 1 aromatic carbocycles. The second kappa shape index (κ2) is 12.7. The fourth-order valence-electron chi connectivity index (χ4n) is 5.07. The van der Waals surface area contributed by atoms with Crippen molar-refractivity contribution in [3.05, 3.63) is 54.4 Å². The van der Waals surface area contributed by atoms with E-state index < -0.39 is 28.2 Å². The van der Waals surface area contributed by atoms with Gasteiger partial charge in [-0.2, -0.15) is 18.4 Å². The van der Waals surface area contributed by atoms with E-state index >= 15 is 0 Å². The lowest BCUT2D eigenvalue weighted by Crippen LogP contribution is -2.40. The number of rotatable bonds is 5. The Hall–Kier alpha value is -3.72. The Balaban J connectivity index is 0.000000211. The highest BCUT2D eigenvalue weighted by Gasteiger charge is 2.45. The third-order valence-electron chi connectivity index (χ3n) is 7.77. The van der Waals surface area contributed by atoms with Crippen molar-refractivity contribution in [1.82, 2.24) is 15.3 Å². The van der Waals surface area contributed by atoms with Crippen molar-refractivity contribution < 1.29 is 26.6 Å². The van der Waals surface area contributed by atoms with Gasteiger partial charge >= 0.3 is 6.18 Å². The maximum Gasteiger partial charge on any atom is 0.433 e. The van der Waals surface area contributed by atoms with Gasteiger partial charge in [0.15, 0.2) is 0 Å². The van der Waals surface area contributed by atoms with Crippen LogP contribution in [-0.2, 0) is 21.8 Å². The van der Waals surface area contributed by atoms with E-state index in [9.17, 15) is 22.2 Å². The number of hydrogen-bond donors (Lipinski definition) is 1. The Morgan fingerprint density at radius 1 is 1.02 bits per heavy atom. The van der Waals surface area contributed by atoms with E-state index in [0.717, 1.165) is 68.9 Å². The molecule has 1 aliphatic heterocycles. The number of pyridine rings is 1. The lowest BCUT2D eigenvalue weighted by atomic mass is 9.88. The second-order valence-electron chi connectivity index (χ2n) is 10.8. The molecule has 0 unspecified atom stereocenters. The maximum absolute atomic E-state index is 12.8. The highest BCUT2D eigenvalue weighted by molar-refractivity contribution is 7.85. The number of aromatic nitrogens is 2. The molecule has 3 fully saturated rings. The van der Waals surface area contributed by atoms with Gasteiger partial charge in [-0.05, 0) is 49.9 Å². The Morgan fingerprint density at radius 2 is 1.71 bits per heavy atom. The number of hydrogen-bond acceptors (Lipinski definition) is 7. The summed E-state index contributed by atoms with van der Waals surface area (Å²) in [6, 6.07) is 13.4.